The van der Waals surface area contributed by atoms with E-state index in [2.05, 4.69) is 20.3 Å². The van der Waals surface area contributed by atoms with Crippen LogP contribution in [0.3, 0.4) is 0 Å². The van der Waals surface area contributed by atoms with Crippen molar-refractivity contribution in [2.75, 3.05) is 49.9 Å². The van der Waals surface area contributed by atoms with Crippen molar-refractivity contribution in [3.63, 3.8) is 0 Å². The van der Waals surface area contributed by atoms with Crippen LogP contribution in [0.5, 0.6) is 0 Å². The van der Waals surface area contributed by atoms with E-state index in [0.717, 1.165) is 0 Å². The summed E-state index contributed by atoms with van der Waals surface area (Å²) in [6, 6.07) is 0. The predicted octanol–water partition coefficient (Wildman–Crippen LogP) is 0.681. The number of nitrogens with one attached hydrogen (secondary N) is 1. The molecule has 0 aliphatic carbocycles. The van der Waals surface area contributed by atoms with Crippen LogP contribution in [0.2, 0.25) is 0 Å². The Bertz CT molecular complexity index is 371. The zero-order valence-corrected chi connectivity index (χ0v) is 10.3. The molecule has 0 saturated carbocycles. The fraction of sp³-hybridized carbons (Fsp3) is 0.667. The van der Waals surface area contributed by atoms with Crippen LogP contribution in [0.4, 0.5) is 26.6 Å². The molecule has 96 valence electrons. The van der Waals surface area contributed by atoms with Crippen molar-refractivity contribution < 1.29 is 8.78 Å². The van der Waals surface area contributed by atoms with E-state index in [1.165, 1.54) is 11.9 Å². The van der Waals surface area contributed by atoms with E-state index in [9.17, 15) is 8.78 Å². The third kappa shape index (κ3) is 3.65. The molecular weight excluding hydrogens is 230 g/mol. The minimum Gasteiger partial charge on any atom is -0.357 e. The number of anilines is 3. The molecule has 17 heavy (non-hydrogen) atoms. The normalized spacial score (nSPS) is 10.5. The van der Waals surface area contributed by atoms with Gasteiger partial charge in [-0.1, -0.05) is 0 Å². The quantitative estimate of drug-likeness (QED) is 0.824. The van der Waals surface area contributed by atoms with E-state index < -0.39 is 13.0 Å². The van der Waals surface area contributed by atoms with E-state index >= 15 is 0 Å². The third-order valence-electron chi connectivity index (χ3n) is 1.99. The molecule has 1 aromatic rings. The average Bonchev–Trinajstić information content (AvgIpc) is 2.27. The molecule has 0 atom stereocenters. The second-order valence-corrected chi connectivity index (χ2v) is 3.68. The van der Waals surface area contributed by atoms with E-state index in [4.69, 9.17) is 0 Å². The van der Waals surface area contributed by atoms with Crippen LogP contribution >= 0.6 is 0 Å². The Balaban J connectivity index is 3.01. The zero-order valence-electron chi connectivity index (χ0n) is 10.3. The van der Waals surface area contributed by atoms with Crippen molar-refractivity contribution in [3.8, 4) is 0 Å². The molecule has 0 fully saturated rings. The van der Waals surface area contributed by atoms with Gasteiger partial charge in [-0.05, 0) is 0 Å². The van der Waals surface area contributed by atoms with Crippen molar-refractivity contribution in [2.24, 2.45) is 0 Å². The highest BCUT2D eigenvalue weighted by molar-refractivity contribution is 5.43. The Kier molecular flexibility index (Phi) is 4.36. The number of hydrogen-bond acceptors (Lipinski definition) is 6. The summed E-state index contributed by atoms with van der Waals surface area (Å²) in [5, 5.41) is 2.77. The summed E-state index contributed by atoms with van der Waals surface area (Å²) < 4.78 is 24.5. The first-order chi connectivity index (χ1) is 7.93. The molecule has 1 N–H and O–H groups in total. The number of halogens is 2. The van der Waals surface area contributed by atoms with E-state index in [1.54, 1.807) is 26.0 Å². The molecule has 0 aliphatic heterocycles. The van der Waals surface area contributed by atoms with E-state index in [0.29, 0.717) is 11.9 Å². The van der Waals surface area contributed by atoms with Crippen molar-refractivity contribution in [3.05, 3.63) is 0 Å². The van der Waals surface area contributed by atoms with Gasteiger partial charge in [0.2, 0.25) is 17.8 Å². The predicted molar refractivity (Wildman–Crippen MR) is 63.0 cm³/mol. The van der Waals surface area contributed by atoms with Crippen LogP contribution in [0, 0.1) is 0 Å². The Morgan fingerprint density at radius 2 is 1.71 bits per heavy atom. The van der Waals surface area contributed by atoms with Gasteiger partial charge < -0.3 is 15.1 Å². The Morgan fingerprint density at radius 1 is 1.12 bits per heavy atom. The molecule has 0 bridgehead atoms. The van der Waals surface area contributed by atoms with Gasteiger partial charge >= 0.3 is 0 Å². The second kappa shape index (κ2) is 5.55. The van der Waals surface area contributed by atoms with Crippen LogP contribution in [0.25, 0.3) is 0 Å². The molecule has 1 rings (SSSR count). The lowest BCUT2D eigenvalue weighted by atomic mass is 10.6. The van der Waals surface area contributed by atoms with Gasteiger partial charge in [0.25, 0.3) is 6.43 Å². The molecule has 0 amide bonds. The van der Waals surface area contributed by atoms with Gasteiger partial charge in [0, 0.05) is 28.2 Å². The number of rotatable bonds is 5. The Labute approximate surface area is 98.7 Å². The van der Waals surface area contributed by atoms with Crippen LogP contribution in [-0.2, 0) is 0 Å². The third-order valence-corrected chi connectivity index (χ3v) is 1.99. The van der Waals surface area contributed by atoms with Gasteiger partial charge in [-0.15, -0.1) is 0 Å². The zero-order chi connectivity index (χ0) is 13.0. The second-order valence-electron chi connectivity index (χ2n) is 3.68. The molecule has 0 unspecified atom stereocenters. The highest BCUT2D eigenvalue weighted by Crippen LogP contribution is 2.14. The first-order valence-corrected chi connectivity index (χ1v) is 5.04. The van der Waals surface area contributed by atoms with Crippen LogP contribution in [-0.4, -0.2) is 56.1 Å². The first kappa shape index (κ1) is 13.3. The van der Waals surface area contributed by atoms with Crippen LogP contribution in [0.1, 0.15) is 0 Å². The molecule has 0 spiro atoms. The summed E-state index contributed by atoms with van der Waals surface area (Å²) in [6.45, 7) is -0.417. The lowest BCUT2D eigenvalue weighted by Crippen LogP contribution is -2.27. The maximum Gasteiger partial charge on any atom is 0.255 e. The highest BCUT2D eigenvalue weighted by Gasteiger charge is 2.14. The van der Waals surface area contributed by atoms with Gasteiger partial charge in [-0.25, -0.2) is 8.78 Å². The number of aromatic nitrogens is 3. The maximum atomic E-state index is 12.3. The van der Waals surface area contributed by atoms with Crippen LogP contribution < -0.4 is 15.1 Å². The molecule has 6 nitrogen and oxygen atoms in total. The minimum atomic E-state index is -2.43. The molecule has 0 aliphatic rings. The highest BCUT2D eigenvalue weighted by atomic mass is 19.3. The number of alkyl halides is 2. The van der Waals surface area contributed by atoms with E-state index in [-0.39, 0.29) is 5.95 Å². The summed E-state index contributed by atoms with van der Waals surface area (Å²) in [6.07, 6.45) is -2.43. The monoisotopic (exact) mass is 246 g/mol. The number of hydrogen-bond donors (Lipinski definition) is 1. The first-order valence-electron chi connectivity index (χ1n) is 5.04. The fourth-order valence-electron chi connectivity index (χ4n) is 1.13. The van der Waals surface area contributed by atoms with Gasteiger partial charge in [0.1, 0.15) is 0 Å². The van der Waals surface area contributed by atoms with Crippen LogP contribution in [0.15, 0.2) is 0 Å². The van der Waals surface area contributed by atoms with Gasteiger partial charge in [0.05, 0.1) is 6.54 Å². The van der Waals surface area contributed by atoms with Gasteiger partial charge in [0.15, 0.2) is 0 Å². The lowest BCUT2D eigenvalue weighted by Gasteiger charge is -2.19. The van der Waals surface area contributed by atoms with E-state index in [1.807, 2.05) is 0 Å². The smallest absolute Gasteiger partial charge is 0.255 e. The van der Waals surface area contributed by atoms with Crippen molar-refractivity contribution >= 4 is 17.8 Å². The lowest BCUT2D eigenvalue weighted by molar-refractivity contribution is 0.156. The summed E-state index contributed by atoms with van der Waals surface area (Å²) in [5.74, 6) is 0.980. The van der Waals surface area contributed by atoms with Gasteiger partial charge in [-0.2, -0.15) is 15.0 Å². The van der Waals surface area contributed by atoms with Crippen molar-refractivity contribution in [1.82, 2.24) is 15.0 Å². The van der Waals surface area contributed by atoms with Crippen molar-refractivity contribution in [1.29, 1.82) is 0 Å². The summed E-state index contributed by atoms with van der Waals surface area (Å²) in [7, 11) is 6.71. The Hall–Kier alpha value is -1.73. The SMILES string of the molecule is CNc1nc(N(C)C)nc(N(C)CC(F)F)n1. The molecule has 0 radical (unpaired) electrons. The minimum absolute atomic E-state index is 0.216. The molecular formula is C9H16F2N6. The van der Waals surface area contributed by atoms with Gasteiger partial charge in [-0.3, -0.25) is 0 Å². The maximum absolute atomic E-state index is 12.3. The number of nitrogens with zero attached hydrogens (tertiary/aromatic N) is 5. The topological polar surface area (TPSA) is 57.2 Å². The molecule has 1 heterocycles. The molecule has 8 heteroatoms. The molecule has 0 saturated heterocycles. The molecule has 0 aromatic carbocycles. The summed E-state index contributed by atoms with van der Waals surface area (Å²) >= 11 is 0. The standard InChI is InChI=1S/C9H16F2N6/c1-12-7-13-8(16(2)3)15-9(14-7)17(4)5-6(10)11/h6H,5H2,1-4H3,(H,12,13,14,15). The molecule has 1 aromatic heterocycles. The summed E-state index contributed by atoms with van der Waals surface area (Å²) in [4.78, 5) is 15.2. The Morgan fingerprint density at radius 3 is 2.18 bits per heavy atom. The summed E-state index contributed by atoms with van der Waals surface area (Å²) in [5.41, 5.74) is 0. The largest absolute Gasteiger partial charge is 0.357 e. The fourth-order valence-corrected chi connectivity index (χ4v) is 1.13. The van der Waals surface area contributed by atoms with Crippen molar-refractivity contribution in [2.45, 2.75) is 6.43 Å². The average molecular weight is 246 g/mol.